The van der Waals surface area contributed by atoms with Crippen LogP contribution in [-0.4, -0.2) is 0 Å². The Labute approximate surface area is 70.9 Å². The van der Waals surface area contributed by atoms with Crippen molar-refractivity contribution in [3.63, 3.8) is 0 Å². The molecule has 11 heavy (non-hydrogen) atoms. The standard InChI is InChI=1S/C8H4BrFO/c9-6-2-1-5-3-8(10)11-7(5)4-6/h1-4H. The molecule has 0 N–H and O–H groups in total. The van der Waals surface area contributed by atoms with E-state index in [1.54, 1.807) is 12.1 Å². The normalized spacial score (nSPS) is 10.7. The molecule has 0 fully saturated rings. The van der Waals surface area contributed by atoms with Crippen molar-refractivity contribution in [2.45, 2.75) is 0 Å². The summed E-state index contributed by atoms with van der Waals surface area (Å²) in [4.78, 5) is 0. The van der Waals surface area contributed by atoms with Gasteiger partial charge in [0.1, 0.15) is 5.58 Å². The first-order valence-electron chi connectivity index (χ1n) is 3.10. The average Bonchev–Trinajstić information content (AvgIpc) is 2.27. The lowest BCUT2D eigenvalue weighted by atomic mass is 10.3. The van der Waals surface area contributed by atoms with Crippen molar-refractivity contribution in [2.24, 2.45) is 0 Å². The smallest absolute Gasteiger partial charge is 0.278 e. The fraction of sp³-hybridized carbons (Fsp3) is 0. The highest BCUT2D eigenvalue weighted by Crippen LogP contribution is 2.22. The largest absolute Gasteiger partial charge is 0.431 e. The maximum atomic E-state index is 12.5. The van der Waals surface area contributed by atoms with Gasteiger partial charge in [0, 0.05) is 15.9 Å². The molecule has 0 aliphatic carbocycles. The highest BCUT2D eigenvalue weighted by molar-refractivity contribution is 9.10. The second-order valence-electron chi connectivity index (χ2n) is 2.23. The van der Waals surface area contributed by atoms with Crippen LogP contribution >= 0.6 is 15.9 Å². The van der Waals surface area contributed by atoms with Crippen molar-refractivity contribution in [1.29, 1.82) is 0 Å². The molecule has 2 rings (SSSR count). The summed E-state index contributed by atoms with van der Waals surface area (Å²) in [6.45, 7) is 0. The summed E-state index contributed by atoms with van der Waals surface area (Å²) in [5.41, 5.74) is 0.567. The minimum atomic E-state index is -0.543. The Hall–Kier alpha value is -0.830. The van der Waals surface area contributed by atoms with Gasteiger partial charge < -0.3 is 4.42 Å². The van der Waals surface area contributed by atoms with Gasteiger partial charge in [0.2, 0.25) is 0 Å². The first-order valence-corrected chi connectivity index (χ1v) is 3.89. The summed E-state index contributed by atoms with van der Waals surface area (Å²) < 4.78 is 18.1. The van der Waals surface area contributed by atoms with Crippen LogP contribution in [0.25, 0.3) is 11.0 Å². The molecule has 0 saturated heterocycles. The summed E-state index contributed by atoms with van der Waals surface area (Å²) in [5, 5.41) is 0.783. The van der Waals surface area contributed by atoms with E-state index in [9.17, 15) is 4.39 Å². The molecule has 0 amide bonds. The van der Waals surface area contributed by atoms with Crippen LogP contribution in [0.5, 0.6) is 0 Å². The van der Waals surface area contributed by atoms with Crippen LogP contribution < -0.4 is 0 Å². The van der Waals surface area contributed by atoms with E-state index >= 15 is 0 Å². The van der Waals surface area contributed by atoms with Crippen LogP contribution in [0, 0.1) is 6.01 Å². The minimum Gasteiger partial charge on any atom is -0.431 e. The molecule has 0 aliphatic heterocycles. The number of hydrogen-bond donors (Lipinski definition) is 0. The van der Waals surface area contributed by atoms with Gasteiger partial charge in [-0.25, -0.2) is 0 Å². The number of halogens is 2. The van der Waals surface area contributed by atoms with Gasteiger partial charge in [0.15, 0.2) is 0 Å². The van der Waals surface area contributed by atoms with E-state index in [0.717, 1.165) is 9.86 Å². The molecule has 56 valence electrons. The topological polar surface area (TPSA) is 13.1 Å². The molecular weight excluding hydrogens is 211 g/mol. The fourth-order valence-corrected chi connectivity index (χ4v) is 1.31. The number of fused-ring (bicyclic) bond motifs is 1. The van der Waals surface area contributed by atoms with Crippen molar-refractivity contribution in [3.05, 3.63) is 34.8 Å². The van der Waals surface area contributed by atoms with Gasteiger partial charge in [-0.1, -0.05) is 15.9 Å². The second kappa shape index (κ2) is 2.34. The molecule has 1 nitrogen and oxygen atoms in total. The van der Waals surface area contributed by atoms with Crippen molar-refractivity contribution < 1.29 is 8.81 Å². The summed E-state index contributed by atoms with van der Waals surface area (Å²) in [5.74, 6) is 0. The van der Waals surface area contributed by atoms with Crippen molar-refractivity contribution in [1.82, 2.24) is 0 Å². The number of benzene rings is 1. The molecule has 1 aromatic carbocycles. The third kappa shape index (κ3) is 1.16. The Balaban J connectivity index is 2.82. The van der Waals surface area contributed by atoms with E-state index in [0.29, 0.717) is 5.58 Å². The fourth-order valence-electron chi connectivity index (χ4n) is 0.973. The lowest BCUT2D eigenvalue weighted by Crippen LogP contribution is -1.62. The molecule has 0 saturated carbocycles. The number of hydrogen-bond acceptors (Lipinski definition) is 1. The van der Waals surface area contributed by atoms with Gasteiger partial charge >= 0.3 is 0 Å². The molecule has 1 heterocycles. The molecule has 3 heteroatoms. The van der Waals surface area contributed by atoms with Crippen molar-refractivity contribution >= 4 is 26.9 Å². The van der Waals surface area contributed by atoms with E-state index in [1.807, 2.05) is 6.07 Å². The Bertz CT molecular complexity index is 394. The van der Waals surface area contributed by atoms with Gasteiger partial charge in [-0.15, -0.1) is 0 Å². The maximum Gasteiger partial charge on any atom is 0.278 e. The second-order valence-corrected chi connectivity index (χ2v) is 3.15. The van der Waals surface area contributed by atoms with Crippen molar-refractivity contribution in [3.8, 4) is 0 Å². The Morgan fingerprint density at radius 2 is 2.09 bits per heavy atom. The summed E-state index contributed by atoms with van der Waals surface area (Å²) >= 11 is 3.26. The van der Waals surface area contributed by atoms with Crippen LogP contribution in [-0.2, 0) is 0 Å². The van der Waals surface area contributed by atoms with E-state index in [4.69, 9.17) is 4.42 Å². The minimum absolute atomic E-state index is 0.543. The van der Waals surface area contributed by atoms with Crippen LogP contribution in [0.2, 0.25) is 0 Å². The number of furan rings is 1. The van der Waals surface area contributed by atoms with Gasteiger partial charge in [-0.05, 0) is 18.2 Å². The highest BCUT2D eigenvalue weighted by Gasteiger charge is 2.01. The van der Waals surface area contributed by atoms with E-state index in [-0.39, 0.29) is 0 Å². The first kappa shape index (κ1) is 6.85. The highest BCUT2D eigenvalue weighted by atomic mass is 79.9. The zero-order valence-electron chi connectivity index (χ0n) is 5.47. The molecule has 0 unspecified atom stereocenters. The molecule has 0 atom stereocenters. The Morgan fingerprint density at radius 1 is 1.27 bits per heavy atom. The molecule has 2 aromatic rings. The van der Waals surface area contributed by atoms with Crippen LogP contribution in [0.15, 0.2) is 33.2 Å². The van der Waals surface area contributed by atoms with Gasteiger partial charge in [0.25, 0.3) is 6.01 Å². The van der Waals surface area contributed by atoms with E-state index in [1.165, 1.54) is 6.07 Å². The first-order chi connectivity index (χ1) is 5.25. The summed E-state index contributed by atoms with van der Waals surface area (Å²) in [6, 6.07) is 6.20. The van der Waals surface area contributed by atoms with Crippen molar-refractivity contribution in [2.75, 3.05) is 0 Å². The predicted molar refractivity (Wildman–Crippen MR) is 43.9 cm³/mol. The van der Waals surface area contributed by atoms with Crippen LogP contribution in [0.3, 0.4) is 0 Å². The van der Waals surface area contributed by atoms with E-state index < -0.39 is 6.01 Å². The molecule has 0 bridgehead atoms. The molecular formula is C8H4BrFO. The van der Waals surface area contributed by atoms with E-state index in [2.05, 4.69) is 15.9 Å². The lowest BCUT2D eigenvalue weighted by molar-refractivity contribution is 0.381. The Morgan fingerprint density at radius 3 is 2.91 bits per heavy atom. The van der Waals surface area contributed by atoms with Gasteiger partial charge in [0.05, 0.1) is 0 Å². The summed E-state index contributed by atoms with van der Waals surface area (Å²) in [6.07, 6.45) is 0. The molecule has 0 radical (unpaired) electrons. The SMILES string of the molecule is Fc1cc2ccc(Br)cc2o1. The van der Waals surface area contributed by atoms with Crippen LogP contribution in [0.1, 0.15) is 0 Å². The zero-order chi connectivity index (χ0) is 7.84. The molecule has 1 aromatic heterocycles. The summed E-state index contributed by atoms with van der Waals surface area (Å²) in [7, 11) is 0. The monoisotopic (exact) mass is 214 g/mol. The molecule has 0 spiro atoms. The maximum absolute atomic E-state index is 12.5. The number of rotatable bonds is 0. The third-order valence-corrected chi connectivity index (χ3v) is 1.95. The van der Waals surface area contributed by atoms with Crippen LogP contribution in [0.4, 0.5) is 4.39 Å². The van der Waals surface area contributed by atoms with Gasteiger partial charge in [-0.2, -0.15) is 4.39 Å². The quantitative estimate of drug-likeness (QED) is 0.656. The predicted octanol–water partition coefficient (Wildman–Crippen LogP) is 3.33. The average molecular weight is 215 g/mol. The molecule has 0 aliphatic rings. The lowest BCUT2D eigenvalue weighted by Gasteiger charge is -1.87. The third-order valence-electron chi connectivity index (χ3n) is 1.45. The van der Waals surface area contributed by atoms with Gasteiger partial charge in [-0.3, -0.25) is 0 Å². The zero-order valence-corrected chi connectivity index (χ0v) is 7.06. The Kier molecular flexibility index (Phi) is 1.46.